The number of likely N-dealkylation sites (tertiary alicyclic amines) is 1. The summed E-state index contributed by atoms with van der Waals surface area (Å²) >= 11 is 0. The number of imidazole rings is 1. The minimum Gasteiger partial charge on any atom is -0.306 e. The van der Waals surface area contributed by atoms with Crippen LogP contribution in [-0.4, -0.2) is 33.1 Å². The monoisotopic (exact) mass is 291 g/mol. The molecule has 0 amide bonds. The number of rotatable bonds is 3. The van der Waals surface area contributed by atoms with Gasteiger partial charge in [0, 0.05) is 18.6 Å². The van der Waals surface area contributed by atoms with E-state index in [9.17, 15) is 9.18 Å². The van der Waals surface area contributed by atoms with Crippen LogP contribution in [0.5, 0.6) is 0 Å². The first-order valence-corrected chi connectivity index (χ1v) is 7.70. The number of aromatic amines is 1. The van der Waals surface area contributed by atoms with Gasteiger partial charge in [-0.25, -0.2) is 9.18 Å². The number of piperidine rings is 1. The first kappa shape index (κ1) is 14.3. The molecule has 1 aromatic carbocycles. The van der Waals surface area contributed by atoms with Crippen LogP contribution in [0.2, 0.25) is 0 Å². The van der Waals surface area contributed by atoms with Crippen LogP contribution in [0, 0.1) is 5.82 Å². The molecule has 1 aliphatic heterocycles. The molecule has 0 aliphatic carbocycles. The molecule has 1 fully saturated rings. The topological polar surface area (TPSA) is 41.0 Å². The number of hydrogen-bond donors (Lipinski definition) is 1. The van der Waals surface area contributed by atoms with E-state index in [1.54, 1.807) is 10.6 Å². The van der Waals surface area contributed by atoms with Gasteiger partial charge < -0.3 is 4.98 Å². The second-order valence-corrected chi connectivity index (χ2v) is 6.18. The number of nitrogens with one attached hydrogen (secondary N) is 1. The van der Waals surface area contributed by atoms with Gasteiger partial charge in [-0.1, -0.05) is 6.42 Å². The Hall–Kier alpha value is -1.62. The highest BCUT2D eigenvalue weighted by atomic mass is 19.1. The van der Waals surface area contributed by atoms with E-state index >= 15 is 0 Å². The van der Waals surface area contributed by atoms with Gasteiger partial charge in [0.1, 0.15) is 5.82 Å². The fourth-order valence-electron chi connectivity index (χ4n) is 3.42. The first-order valence-electron chi connectivity index (χ1n) is 7.70. The number of aromatic nitrogens is 2. The predicted molar refractivity (Wildman–Crippen MR) is 82.0 cm³/mol. The van der Waals surface area contributed by atoms with E-state index in [0.29, 0.717) is 29.7 Å². The quantitative estimate of drug-likeness (QED) is 0.944. The van der Waals surface area contributed by atoms with Crippen LogP contribution in [0.15, 0.2) is 23.0 Å². The first-order chi connectivity index (χ1) is 10.1. The Balaban J connectivity index is 1.95. The van der Waals surface area contributed by atoms with Crippen LogP contribution in [0.3, 0.4) is 0 Å². The van der Waals surface area contributed by atoms with Crippen molar-refractivity contribution in [1.82, 2.24) is 14.5 Å². The lowest BCUT2D eigenvalue weighted by molar-refractivity contribution is 0.0993. The van der Waals surface area contributed by atoms with Gasteiger partial charge in [0.2, 0.25) is 0 Å². The Morgan fingerprint density at radius 2 is 2.19 bits per heavy atom. The van der Waals surface area contributed by atoms with Crippen molar-refractivity contribution in [3.05, 3.63) is 34.5 Å². The summed E-state index contributed by atoms with van der Waals surface area (Å²) in [6.45, 7) is 6.08. The van der Waals surface area contributed by atoms with Crippen molar-refractivity contribution in [3.63, 3.8) is 0 Å². The molecule has 0 bridgehead atoms. The molecule has 5 heteroatoms. The van der Waals surface area contributed by atoms with Crippen molar-refractivity contribution in [2.45, 2.75) is 51.7 Å². The molecule has 1 N–H and O–H groups in total. The Bertz CT molecular complexity index is 688. The molecular weight excluding hydrogens is 269 g/mol. The van der Waals surface area contributed by atoms with Crippen LogP contribution in [0.25, 0.3) is 11.0 Å². The molecule has 0 radical (unpaired) electrons. The molecule has 1 atom stereocenters. The number of H-pyrrole nitrogens is 1. The largest absolute Gasteiger partial charge is 0.326 e. The summed E-state index contributed by atoms with van der Waals surface area (Å²) in [6.07, 6.45) is 3.50. The zero-order valence-electron chi connectivity index (χ0n) is 12.6. The van der Waals surface area contributed by atoms with Gasteiger partial charge in [-0.2, -0.15) is 0 Å². The van der Waals surface area contributed by atoms with E-state index in [-0.39, 0.29) is 11.5 Å². The SMILES string of the molecule is CC(C)N1CCCCC1Cn1c(=O)[nH]c2ccc(F)cc21. The third-order valence-corrected chi connectivity index (χ3v) is 4.47. The molecule has 2 heterocycles. The molecule has 1 unspecified atom stereocenters. The van der Waals surface area contributed by atoms with Gasteiger partial charge in [-0.3, -0.25) is 9.47 Å². The highest BCUT2D eigenvalue weighted by Crippen LogP contribution is 2.22. The predicted octanol–water partition coefficient (Wildman–Crippen LogP) is 2.73. The lowest BCUT2D eigenvalue weighted by Gasteiger charge is -2.38. The maximum absolute atomic E-state index is 13.5. The van der Waals surface area contributed by atoms with Gasteiger partial charge in [-0.15, -0.1) is 0 Å². The maximum atomic E-state index is 13.5. The maximum Gasteiger partial charge on any atom is 0.326 e. The van der Waals surface area contributed by atoms with Crippen LogP contribution in [-0.2, 0) is 6.54 Å². The number of fused-ring (bicyclic) bond motifs is 1. The fourth-order valence-corrected chi connectivity index (χ4v) is 3.42. The second-order valence-electron chi connectivity index (χ2n) is 6.18. The van der Waals surface area contributed by atoms with Crippen LogP contribution in [0.1, 0.15) is 33.1 Å². The van der Waals surface area contributed by atoms with Crippen molar-refractivity contribution < 1.29 is 4.39 Å². The zero-order valence-corrected chi connectivity index (χ0v) is 12.6. The molecule has 114 valence electrons. The highest BCUT2D eigenvalue weighted by Gasteiger charge is 2.25. The Kier molecular flexibility index (Phi) is 3.85. The lowest BCUT2D eigenvalue weighted by atomic mass is 10.0. The molecular formula is C16H22FN3O. The molecule has 4 nitrogen and oxygen atoms in total. The Labute approximate surface area is 123 Å². The summed E-state index contributed by atoms with van der Waals surface area (Å²) in [5.74, 6) is -0.306. The summed E-state index contributed by atoms with van der Waals surface area (Å²) < 4.78 is 15.2. The minimum absolute atomic E-state index is 0.148. The van der Waals surface area contributed by atoms with Crippen molar-refractivity contribution >= 4 is 11.0 Å². The lowest BCUT2D eigenvalue weighted by Crippen LogP contribution is -2.46. The third kappa shape index (κ3) is 2.75. The Morgan fingerprint density at radius 3 is 2.95 bits per heavy atom. The molecule has 0 saturated carbocycles. The summed E-state index contributed by atoms with van der Waals surface area (Å²) in [7, 11) is 0. The molecule has 0 spiro atoms. The smallest absolute Gasteiger partial charge is 0.306 e. The van der Waals surface area contributed by atoms with Crippen molar-refractivity contribution in [1.29, 1.82) is 0 Å². The molecule has 2 aromatic rings. The number of halogens is 1. The average molecular weight is 291 g/mol. The molecule has 1 saturated heterocycles. The average Bonchev–Trinajstić information content (AvgIpc) is 2.75. The van der Waals surface area contributed by atoms with Crippen molar-refractivity contribution in [3.8, 4) is 0 Å². The standard InChI is InChI=1S/C16H22FN3O/c1-11(2)19-8-4-3-5-13(19)10-20-15-9-12(17)6-7-14(15)18-16(20)21/h6-7,9,11,13H,3-5,8,10H2,1-2H3,(H,18,21). The van der Waals surface area contributed by atoms with Gasteiger partial charge in [0.05, 0.1) is 11.0 Å². The van der Waals surface area contributed by atoms with E-state index in [4.69, 9.17) is 0 Å². The van der Waals surface area contributed by atoms with Crippen molar-refractivity contribution in [2.75, 3.05) is 6.54 Å². The molecule has 3 rings (SSSR count). The van der Waals surface area contributed by atoms with Gasteiger partial charge in [0.25, 0.3) is 0 Å². The summed E-state index contributed by atoms with van der Waals surface area (Å²) in [4.78, 5) is 17.4. The van der Waals surface area contributed by atoms with Crippen LogP contribution >= 0.6 is 0 Å². The van der Waals surface area contributed by atoms with E-state index in [1.807, 2.05) is 0 Å². The van der Waals surface area contributed by atoms with E-state index in [1.165, 1.54) is 25.0 Å². The summed E-state index contributed by atoms with van der Waals surface area (Å²) in [5, 5.41) is 0. The van der Waals surface area contributed by atoms with Crippen LogP contribution in [0.4, 0.5) is 4.39 Å². The molecule has 1 aromatic heterocycles. The van der Waals surface area contributed by atoms with Gasteiger partial charge in [0.15, 0.2) is 0 Å². The minimum atomic E-state index is -0.306. The van der Waals surface area contributed by atoms with Crippen molar-refractivity contribution in [2.24, 2.45) is 0 Å². The molecule has 1 aliphatic rings. The summed E-state index contributed by atoms with van der Waals surface area (Å²) in [5.41, 5.74) is 1.22. The Morgan fingerprint density at radius 1 is 1.38 bits per heavy atom. The normalized spacial score (nSPS) is 20.5. The number of benzene rings is 1. The third-order valence-electron chi connectivity index (χ3n) is 4.47. The summed E-state index contributed by atoms with van der Waals surface area (Å²) in [6, 6.07) is 5.26. The van der Waals surface area contributed by atoms with E-state index in [2.05, 4.69) is 23.7 Å². The van der Waals surface area contributed by atoms with Gasteiger partial charge in [-0.05, 0) is 51.4 Å². The molecule has 21 heavy (non-hydrogen) atoms. The van der Waals surface area contributed by atoms with E-state index < -0.39 is 0 Å². The van der Waals surface area contributed by atoms with Gasteiger partial charge >= 0.3 is 5.69 Å². The zero-order chi connectivity index (χ0) is 15.0. The van der Waals surface area contributed by atoms with E-state index in [0.717, 1.165) is 13.0 Å². The van der Waals surface area contributed by atoms with Crippen LogP contribution < -0.4 is 5.69 Å². The fraction of sp³-hybridized carbons (Fsp3) is 0.562. The second kappa shape index (κ2) is 5.64. The number of nitrogens with zero attached hydrogens (tertiary/aromatic N) is 2. The highest BCUT2D eigenvalue weighted by molar-refractivity contribution is 5.75. The number of hydrogen-bond acceptors (Lipinski definition) is 2.